The lowest BCUT2D eigenvalue weighted by Crippen LogP contribution is -2.24. The van der Waals surface area contributed by atoms with Crippen LogP contribution in [-0.4, -0.2) is 5.11 Å². The van der Waals surface area contributed by atoms with Crippen LogP contribution in [0.25, 0.3) is 0 Å². The Bertz CT molecular complexity index is 254. The van der Waals surface area contributed by atoms with Gasteiger partial charge in [0.25, 0.3) is 0 Å². The zero-order chi connectivity index (χ0) is 9.19. The standard InChI is InChI=1S/C9H13NO2/c1-9(2,12-10)7-3-5-8(11)6-4-7/h3-6,11H,10H2,1-2H3. The van der Waals surface area contributed by atoms with Crippen LogP contribution in [0, 0.1) is 0 Å². The van der Waals surface area contributed by atoms with Gasteiger partial charge in [-0.05, 0) is 31.5 Å². The lowest BCUT2D eigenvalue weighted by atomic mass is 9.98. The highest BCUT2D eigenvalue weighted by molar-refractivity contribution is 5.29. The molecule has 1 aromatic carbocycles. The second-order valence-electron chi connectivity index (χ2n) is 3.18. The Morgan fingerprint density at radius 1 is 1.25 bits per heavy atom. The number of phenols is 1. The molecule has 0 aliphatic rings. The van der Waals surface area contributed by atoms with Crippen LogP contribution in [0.2, 0.25) is 0 Å². The molecule has 66 valence electrons. The molecule has 1 aromatic rings. The summed E-state index contributed by atoms with van der Waals surface area (Å²) in [6.07, 6.45) is 0. The van der Waals surface area contributed by atoms with Gasteiger partial charge in [-0.3, -0.25) is 4.84 Å². The minimum atomic E-state index is -0.506. The molecule has 0 saturated carbocycles. The van der Waals surface area contributed by atoms with Gasteiger partial charge in [0, 0.05) is 0 Å². The van der Waals surface area contributed by atoms with Crippen molar-refractivity contribution < 1.29 is 9.94 Å². The lowest BCUT2D eigenvalue weighted by Gasteiger charge is -2.21. The van der Waals surface area contributed by atoms with Crippen LogP contribution < -0.4 is 5.90 Å². The third-order valence-electron chi connectivity index (χ3n) is 1.86. The fraction of sp³-hybridized carbons (Fsp3) is 0.333. The Kier molecular flexibility index (Phi) is 2.35. The van der Waals surface area contributed by atoms with Gasteiger partial charge in [0.2, 0.25) is 0 Å². The van der Waals surface area contributed by atoms with Gasteiger partial charge in [-0.15, -0.1) is 0 Å². The molecule has 0 aliphatic carbocycles. The van der Waals surface area contributed by atoms with Gasteiger partial charge in [0.15, 0.2) is 0 Å². The number of hydrogen-bond acceptors (Lipinski definition) is 3. The van der Waals surface area contributed by atoms with E-state index in [1.54, 1.807) is 24.3 Å². The fourth-order valence-electron chi connectivity index (χ4n) is 0.931. The molecule has 3 nitrogen and oxygen atoms in total. The summed E-state index contributed by atoms with van der Waals surface area (Å²) < 4.78 is 0. The van der Waals surface area contributed by atoms with Crippen molar-refractivity contribution in [1.82, 2.24) is 0 Å². The number of phenolic OH excluding ortho intramolecular Hbond substituents is 1. The van der Waals surface area contributed by atoms with Gasteiger partial charge >= 0.3 is 0 Å². The summed E-state index contributed by atoms with van der Waals surface area (Å²) in [5.74, 6) is 5.36. The van der Waals surface area contributed by atoms with E-state index in [0.717, 1.165) is 5.56 Å². The van der Waals surface area contributed by atoms with E-state index in [-0.39, 0.29) is 5.75 Å². The second kappa shape index (κ2) is 3.13. The number of nitrogens with two attached hydrogens (primary N) is 1. The van der Waals surface area contributed by atoms with Crippen LogP contribution in [-0.2, 0) is 10.4 Å². The Morgan fingerprint density at radius 2 is 1.75 bits per heavy atom. The van der Waals surface area contributed by atoms with Gasteiger partial charge in [0.1, 0.15) is 11.4 Å². The summed E-state index contributed by atoms with van der Waals surface area (Å²) >= 11 is 0. The van der Waals surface area contributed by atoms with E-state index in [9.17, 15) is 0 Å². The molecule has 3 N–H and O–H groups in total. The minimum Gasteiger partial charge on any atom is -0.508 e. The molecule has 0 heterocycles. The summed E-state index contributed by atoms with van der Waals surface area (Å²) in [5, 5.41) is 9.02. The maximum Gasteiger partial charge on any atom is 0.115 e. The topological polar surface area (TPSA) is 55.5 Å². The maximum atomic E-state index is 9.02. The van der Waals surface area contributed by atoms with Crippen molar-refractivity contribution in [3.63, 3.8) is 0 Å². The van der Waals surface area contributed by atoms with Gasteiger partial charge in [-0.2, -0.15) is 0 Å². The van der Waals surface area contributed by atoms with Gasteiger partial charge in [0.05, 0.1) is 0 Å². The molecule has 0 saturated heterocycles. The van der Waals surface area contributed by atoms with Crippen LogP contribution in [0.15, 0.2) is 24.3 Å². The van der Waals surface area contributed by atoms with Crippen molar-refractivity contribution in [1.29, 1.82) is 0 Å². The van der Waals surface area contributed by atoms with E-state index in [4.69, 9.17) is 15.8 Å². The Balaban J connectivity index is 2.96. The molecule has 0 amide bonds. The van der Waals surface area contributed by atoms with Crippen molar-refractivity contribution >= 4 is 0 Å². The molecular weight excluding hydrogens is 154 g/mol. The normalized spacial score (nSPS) is 11.6. The SMILES string of the molecule is CC(C)(ON)c1ccc(O)cc1. The second-order valence-corrected chi connectivity index (χ2v) is 3.18. The predicted molar refractivity (Wildman–Crippen MR) is 46.4 cm³/mol. The Morgan fingerprint density at radius 3 is 2.17 bits per heavy atom. The van der Waals surface area contributed by atoms with Crippen LogP contribution in [0.5, 0.6) is 5.75 Å². The van der Waals surface area contributed by atoms with Crippen LogP contribution in [0.4, 0.5) is 0 Å². The smallest absolute Gasteiger partial charge is 0.115 e. The monoisotopic (exact) mass is 167 g/mol. The molecule has 0 fully saturated rings. The molecule has 0 bridgehead atoms. The van der Waals surface area contributed by atoms with Crippen molar-refractivity contribution in [2.45, 2.75) is 19.4 Å². The highest BCUT2D eigenvalue weighted by Gasteiger charge is 2.19. The molecule has 0 atom stereocenters. The molecule has 0 aromatic heterocycles. The fourth-order valence-corrected chi connectivity index (χ4v) is 0.931. The average Bonchev–Trinajstić information content (AvgIpc) is 2.05. The molecule has 0 unspecified atom stereocenters. The summed E-state index contributed by atoms with van der Waals surface area (Å²) in [4.78, 5) is 4.78. The van der Waals surface area contributed by atoms with E-state index in [1.807, 2.05) is 13.8 Å². The van der Waals surface area contributed by atoms with Gasteiger partial charge in [-0.25, -0.2) is 5.90 Å². The molecule has 12 heavy (non-hydrogen) atoms. The third-order valence-corrected chi connectivity index (χ3v) is 1.86. The Labute approximate surface area is 71.7 Å². The van der Waals surface area contributed by atoms with Crippen molar-refractivity contribution in [3.8, 4) is 5.75 Å². The molecule has 1 rings (SSSR count). The quantitative estimate of drug-likeness (QED) is 0.656. The zero-order valence-electron chi connectivity index (χ0n) is 7.24. The number of benzene rings is 1. The lowest BCUT2D eigenvalue weighted by molar-refractivity contribution is -0.0236. The molecule has 0 spiro atoms. The first kappa shape index (κ1) is 9.03. The van der Waals surface area contributed by atoms with E-state index in [0.29, 0.717) is 0 Å². The molecule has 0 radical (unpaired) electrons. The van der Waals surface area contributed by atoms with Crippen molar-refractivity contribution in [2.75, 3.05) is 0 Å². The van der Waals surface area contributed by atoms with E-state index in [1.165, 1.54) is 0 Å². The molecule has 0 aliphatic heterocycles. The highest BCUT2D eigenvalue weighted by Crippen LogP contribution is 2.24. The predicted octanol–water partition coefficient (Wildman–Crippen LogP) is 1.52. The van der Waals surface area contributed by atoms with E-state index < -0.39 is 5.60 Å². The summed E-state index contributed by atoms with van der Waals surface area (Å²) in [7, 11) is 0. The van der Waals surface area contributed by atoms with Gasteiger partial charge < -0.3 is 5.11 Å². The minimum absolute atomic E-state index is 0.242. The highest BCUT2D eigenvalue weighted by atomic mass is 16.6. The number of rotatable bonds is 2. The van der Waals surface area contributed by atoms with E-state index >= 15 is 0 Å². The number of aromatic hydroxyl groups is 1. The van der Waals surface area contributed by atoms with E-state index in [2.05, 4.69) is 0 Å². The van der Waals surface area contributed by atoms with Crippen LogP contribution >= 0.6 is 0 Å². The van der Waals surface area contributed by atoms with Crippen molar-refractivity contribution in [2.24, 2.45) is 5.90 Å². The first-order valence-corrected chi connectivity index (χ1v) is 3.73. The summed E-state index contributed by atoms with van der Waals surface area (Å²) in [6.45, 7) is 3.72. The number of hydrogen-bond donors (Lipinski definition) is 2. The molecule has 3 heteroatoms. The van der Waals surface area contributed by atoms with Crippen LogP contribution in [0.3, 0.4) is 0 Å². The first-order chi connectivity index (χ1) is 5.56. The van der Waals surface area contributed by atoms with Crippen LogP contribution in [0.1, 0.15) is 19.4 Å². The zero-order valence-corrected chi connectivity index (χ0v) is 7.24. The largest absolute Gasteiger partial charge is 0.508 e. The average molecular weight is 167 g/mol. The van der Waals surface area contributed by atoms with Gasteiger partial charge in [-0.1, -0.05) is 12.1 Å². The van der Waals surface area contributed by atoms with Crippen molar-refractivity contribution in [3.05, 3.63) is 29.8 Å². The summed E-state index contributed by atoms with van der Waals surface area (Å²) in [5.41, 5.74) is 0.427. The molecular formula is C9H13NO2. The third kappa shape index (κ3) is 1.75. The first-order valence-electron chi connectivity index (χ1n) is 3.73. The Hall–Kier alpha value is -1.06. The summed E-state index contributed by atoms with van der Waals surface area (Å²) in [6, 6.07) is 6.77. The maximum absolute atomic E-state index is 9.02.